The van der Waals surface area contributed by atoms with E-state index in [-0.39, 0.29) is 5.82 Å². The van der Waals surface area contributed by atoms with Gasteiger partial charge in [0.05, 0.1) is 30.2 Å². The molecule has 3 aromatic rings. The average molecular weight is 369 g/mol. The quantitative estimate of drug-likeness (QED) is 0.718. The summed E-state index contributed by atoms with van der Waals surface area (Å²) in [6.45, 7) is 8.07. The summed E-state index contributed by atoms with van der Waals surface area (Å²) < 4.78 is 29.3. The Morgan fingerprint density at radius 1 is 1.30 bits per heavy atom. The maximum absolute atomic E-state index is 13.8. The third kappa shape index (κ3) is 3.31. The number of hydrogen-bond donors (Lipinski definition) is 1. The monoisotopic (exact) mass is 369 g/mol. The van der Waals surface area contributed by atoms with Gasteiger partial charge in [-0.1, -0.05) is 0 Å². The fraction of sp³-hybridized carbons (Fsp3) is 0.333. The van der Waals surface area contributed by atoms with Gasteiger partial charge in [0.25, 0.3) is 0 Å². The molecule has 0 saturated carbocycles. The highest BCUT2D eigenvalue weighted by atomic mass is 19.1. The second-order valence-corrected chi connectivity index (χ2v) is 6.51. The van der Waals surface area contributed by atoms with Gasteiger partial charge in [-0.3, -0.25) is 9.97 Å². The van der Waals surface area contributed by atoms with Gasteiger partial charge in [0.1, 0.15) is 17.8 Å². The number of anilines is 1. The summed E-state index contributed by atoms with van der Waals surface area (Å²) in [7, 11) is 0. The van der Waals surface area contributed by atoms with E-state index in [2.05, 4.69) is 19.8 Å². The first-order valence-corrected chi connectivity index (χ1v) is 8.54. The predicted molar refractivity (Wildman–Crippen MR) is 96.8 cm³/mol. The third-order valence-corrected chi connectivity index (χ3v) is 4.66. The molecule has 4 rings (SSSR count). The van der Waals surface area contributed by atoms with Crippen LogP contribution in [0.4, 0.5) is 20.4 Å². The highest BCUT2D eigenvalue weighted by molar-refractivity contribution is 5.79. The zero-order valence-electron chi connectivity index (χ0n) is 14.4. The van der Waals surface area contributed by atoms with E-state index in [1.165, 1.54) is 24.5 Å². The maximum Gasteiger partial charge on any atom is 0.222 e. The predicted octanol–water partition coefficient (Wildman–Crippen LogP) is 2.44. The lowest BCUT2D eigenvalue weighted by Gasteiger charge is -2.34. The lowest BCUT2D eigenvalue weighted by atomic mass is 10.1. The minimum atomic E-state index is -1.04. The Kier molecular flexibility index (Phi) is 4.41. The first-order chi connectivity index (χ1) is 13.0. The van der Waals surface area contributed by atoms with Crippen molar-refractivity contribution in [3.63, 3.8) is 0 Å². The number of alkyl halides is 1. The van der Waals surface area contributed by atoms with E-state index in [4.69, 9.17) is 12.3 Å². The third-order valence-electron chi connectivity index (χ3n) is 4.66. The Balaban J connectivity index is 1.75. The molecule has 2 atom stereocenters. The van der Waals surface area contributed by atoms with E-state index in [1.54, 1.807) is 6.07 Å². The van der Waals surface area contributed by atoms with Gasteiger partial charge < -0.3 is 15.2 Å². The summed E-state index contributed by atoms with van der Waals surface area (Å²) in [4.78, 5) is 18.2. The first-order valence-electron chi connectivity index (χ1n) is 8.54. The molecule has 2 N–H and O–H groups in total. The van der Waals surface area contributed by atoms with E-state index < -0.39 is 12.2 Å². The topological polar surface area (TPSA) is 77.2 Å². The molecule has 138 valence electrons. The van der Waals surface area contributed by atoms with Crippen molar-refractivity contribution < 1.29 is 8.78 Å². The largest absolute Gasteiger partial charge is 0.340 e. The number of nitrogens with zero attached hydrogens (tertiary/aromatic N) is 6. The zero-order valence-corrected chi connectivity index (χ0v) is 14.4. The van der Waals surface area contributed by atoms with Crippen molar-refractivity contribution in [3.05, 3.63) is 53.7 Å². The molecule has 1 fully saturated rings. The first kappa shape index (κ1) is 17.3. The van der Waals surface area contributed by atoms with Crippen molar-refractivity contribution in [2.24, 2.45) is 5.73 Å². The van der Waals surface area contributed by atoms with E-state index in [1.807, 2.05) is 9.47 Å². The van der Waals surface area contributed by atoms with Gasteiger partial charge >= 0.3 is 0 Å². The van der Waals surface area contributed by atoms with Crippen molar-refractivity contribution in [2.75, 3.05) is 18.0 Å². The van der Waals surface area contributed by atoms with Crippen molar-refractivity contribution >= 4 is 22.7 Å². The fourth-order valence-electron chi connectivity index (χ4n) is 3.25. The smallest absolute Gasteiger partial charge is 0.222 e. The summed E-state index contributed by atoms with van der Waals surface area (Å²) in [6.07, 6.45) is 2.19. The van der Waals surface area contributed by atoms with Gasteiger partial charge in [0.15, 0.2) is 0 Å². The highest BCUT2D eigenvalue weighted by Gasteiger charge is 2.29. The van der Waals surface area contributed by atoms with Gasteiger partial charge in [0, 0.05) is 31.5 Å². The molecule has 0 radical (unpaired) electrons. The molecule has 2 aromatic heterocycles. The molecular formula is C18H17F2N7. The van der Waals surface area contributed by atoms with Crippen molar-refractivity contribution in [1.82, 2.24) is 19.5 Å². The molecule has 0 amide bonds. The summed E-state index contributed by atoms with van der Waals surface area (Å²) in [5.74, 6) is 0.697. The van der Waals surface area contributed by atoms with Crippen molar-refractivity contribution in [3.8, 4) is 0 Å². The van der Waals surface area contributed by atoms with Gasteiger partial charge in [-0.15, -0.1) is 0 Å². The molecule has 1 aromatic carbocycles. The SMILES string of the molecule is [C-]#[N+]c1cnc(Cn2c(N3CC[C@@H](F)[C@H](N)C3)nc3cc(F)ccc32)nc1. The van der Waals surface area contributed by atoms with Crippen molar-refractivity contribution in [2.45, 2.75) is 25.2 Å². The molecule has 27 heavy (non-hydrogen) atoms. The number of imidazole rings is 1. The number of halogens is 2. The Bertz CT molecular complexity index is 1010. The Hall–Kier alpha value is -3.12. The van der Waals surface area contributed by atoms with Crippen LogP contribution in [0.5, 0.6) is 0 Å². The van der Waals surface area contributed by atoms with Crippen LogP contribution >= 0.6 is 0 Å². The molecule has 3 heterocycles. The van der Waals surface area contributed by atoms with Gasteiger partial charge in [-0.05, 0) is 18.6 Å². The van der Waals surface area contributed by atoms with Gasteiger partial charge in [0.2, 0.25) is 11.6 Å². The fourth-order valence-corrected chi connectivity index (χ4v) is 3.25. The maximum atomic E-state index is 13.8. The number of benzene rings is 1. The molecule has 9 heteroatoms. The lowest BCUT2D eigenvalue weighted by Crippen LogP contribution is -2.50. The van der Waals surface area contributed by atoms with Crippen LogP contribution < -0.4 is 10.6 Å². The molecule has 1 aliphatic heterocycles. The normalized spacial score (nSPS) is 20.0. The standard InChI is InChI=1S/C18H17F2N7/c1-22-12-7-23-17(24-8-12)10-27-16-3-2-11(19)6-15(16)25-18(27)26-5-4-13(20)14(21)9-26/h2-3,6-8,13-14H,4-5,9-10,21H2/t13-,14-/m1/s1. The summed E-state index contributed by atoms with van der Waals surface area (Å²) in [5, 5.41) is 0. The molecular weight excluding hydrogens is 352 g/mol. The Morgan fingerprint density at radius 3 is 2.78 bits per heavy atom. The van der Waals surface area contributed by atoms with Crippen LogP contribution in [0.3, 0.4) is 0 Å². The van der Waals surface area contributed by atoms with E-state index in [0.717, 1.165) is 5.52 Å². The molecule has 0 bridgehead atoms. The molecule has 7 nitrogen and oxygen atoms in total. The number of aromatic nitrogens is 4. The van der Waals surface area contributed by atoms with Crippen molar-refractivity contribution in [1.29, 1.82) is 0 Å². The molecule has 1 saturated heterocycles. The van der Waals surface area contributed by atoms with Gasteiger partial charge in [-0.2, -0.15) is 0 Å². The number of piperidine rings is 1. The van der Waals surface area contributed by atoms with Crippen LogP contribution in [0.15, 0.2) is 30.6 Å². The second kappa shape index (κ2) is 6.89. The van der Waals surface area contributed by atoms with Crippen LogP contribution in [-0.4, -0.2) is 44.8 Å². The summed E-state index contributed by atoms with van der Waals surface area (Å²) in [5.41, 5.74) is 7.47. The zero-order chi connectivity index (χ0) is 19.0. The average Bonchev–Trinajstić information content (AvgIpc) is 3.02. The Morgan fingerprint density at radius 2 is 2.07 bits per heavy atom. The molecule has 0 spiro atoms. The van der Waals surface area contributed by atoms with Gasteiger partial charge in [-0.25, -0.2) is 18.6 Å². The highest BCUT2D eigenvalue weighted by Crippen LogP contribution is 2.27. The van der Waals surface area contributed by atoms with Crippen LogP contribution in [0.1, 0.15) is 12.2 Å². The molecule has 0 aliphatic carbocycles. The van der Waals surface area contributed by atoms with E-state index >= 15 is 0 Å². The summed E-state index contributed by atoms with van der Waals surface area (Å²) in [6, 6.07) is 3.78. The van der Waals surface area contributed by atoms with Crippen LogP contribution in [0.25, 0.3) is 15.9 Å². The van der Waals surface area contributed by atoms with E-state index in [9.17, 15) is 8.78 Å². The second-order valence-electron chi connectivity index (χ2n) is 6.51. The number of rotatable bonds is 3. The number of hydrogen-bond acceptors (Lipinski definition) is 5. The van der Waals surface area contributed by atoms with Crippen LogP contribution in [0, 0.1) is 12.4 Å². The number of nitrogens with two attached hydrogens (primary N) is 1. The summed E-state index contributed by atoms with van der Waals surface area (Å²) >= 11 is 0. The minimum absolute atomic E-state index is 0.292. The van der Waals surface area contributed by atoms with Crippen LogP contribution in [0.2, 0.25) is 0 Å². The van der Waals surface area contributed by atoms with Crippen LogP contribution in [-0.2, 0) is 6.54 Å². The number of fused-ring (bicyclic) bond motifs is 1. The minimum Gasteiger partial charge on any atom is -0.340 e. The van der Waals surface area contributed by atoms with E-state index in [0.29, 0.717) is 49.0 Å². The molecule has 1 aliphatic rings. The Labute approximate surface area is 154 Å². The lowest BCUT2D eigenvalue weighted by molar-refractivity contribution is 0.243. The molecule has 0 unspecified atom stereocenters.